The molecule has 1 aromatic carbocycles. The van der Waals surface area contributed by atoms with Crippen LogP contribution in [0.25, 0.3) is 5.65 Å². The first-order valence-corrected chi connectivity index (χ1v) is 11.3. The van der Waals surface area contributed by atoms with Crippen molar-refractivity contribution in [1.29, 1.82) is 0 Å². The fourth-order valence-electron chi connectivity index (χ4n) is 4.71. The smallest absolute Gasteiger partial charge is 0.274 e. The van der Waals surface area contributed by atoms with Crippen LogP contribution in [0.4, 0.5) is 0 Å². The van der Waals surface area contributed by atoms with E-state index in [1.54, 1.807) is 0 Å². The first-order valence-electron chi connectivity index (χ1n) is 10.9. The van der Waals surface area contributed by atoms with Crippen LogP contribution in [0.3, 0.4) is 0 Å². The Morgan fingerprint density at radius 2 is 1.73 bits per heavy atom. The molecule has 0 atom stereocenters. The van der Waals surface area contributed by atoms with Gasteiger partial charge in [0.2, 0.25) is 0 Å². The number of rotatable bonds is 3. The molecular formula is C24H27ClN4O. The Balaban J connectivity index is 1.49. The molecule has 0 aliphatic carbocycles. The molecular weight excluding hydrogens is 396 g/mol. The molecule has 0 bridgehead atoms. The number of nitrogens with zero attached hydrogens (tertiary/aromatic N) is 4. The summed E-state index contributed by atoms with van der Waals surface area (Å²) in [5, 5.41) is 0.655. The molecule has 0 spiro atoms. The number of carbonyl (C=O) groups is 1. The first-order chi connectivity index (χ1) is 14.7. The SMILES string of the molecule is O=C(c1nc2ccc(Cl)cn2c1CN1CCCCCC1)N1CCc2ccccc2C1. The van der Waals surface area contributed by atoms with Crippen molar-refractivity contribution in [2.24, 2.45) is 0 Å². The molecule has 0 radical (unpaired) electrons. The molecule has 2 aliphatic rings. The summed E-state index contributed by atoms with van der Waals surface area (Å²) in [5.74, 6) is 0.0224. The third kappa shape index (κ3) is 3.84. The van der Waals surface area contributed by atoms with E-state index in [9.17, 15) is 4.79 Å². The van der Waals surface area contributed by atoms with Gasteiger partial charge in [0.25, 0.3) is 5.91 Å². The van der Waals surface area contributed by atoms with Gasteiger partial charge < -0.3 is 9.30 Å². The summed E-state index contributed by atoms with van der Waals surface area (Å²) in [6, 6.07) is 12.1. The summed E-state index contributed by atoms with van der Waals surface area (Å²) in [5.41, 5.74) is 4.88. The highest BCUT2D eigenvalue weighted by atomic mass is 35.5. The minimum absolute atomic E-state index is 0.0224. The second-order valence-electron chi connectivity index (χ2n) is 8.42. The predicted molar refractivity (Wildman–Crippen MR) is 119 cm³/mol. The van der Waals surface area contributed by atoms with E-state index in [4.69, 9.17) is 16.6 Å². The third-order valence-electron chi connectivity index (χ3n) is 6.37. The Labute approximate surface area is 182 Å². The lowest BCUT2D eigenvalue weighted by molar-refractivity contribution is 0.0727. The Bertz CT molecular complexity index is 1070. The number of hydrogen-bond acceptors (Lipinski definition) is 3. The maximum atomic E-state index is 13.6. The first kappa shape index (κ1) is 19.6. The van der Waals surface area contributed by atoms with Gasteiger partial charge in [0.05, 0.1) is 10.7 Å². The number of carbonyl (C=O) groups excluding carboxylic acids is 1. The summed E-state index contributed by atoms with van der Waals surface area (Å²) in [6.45, 7) is 4.24. The van der Waals surface area contributed by atoms with Crippen molar-refractivity contribution in [2.45, 2.75) is 45.2 Å². The molecule has 5 rings (SSSR count). The van der Waals surface area contributed by atoms with Crippen LogP contribution in [0.1, 0.15) is 53.0 Å². The Hall–Kier alpha value is -2.37. The maximum absolute atomic E-state index is 13.6. The van der Waals surface area contributed by atoms with Crippen LogP contribution < -0.4 is 0 Å². The Kier molecular flexibility index (Phi) is 5.48. The lowest BCUT2D eigenvalue weighted by Gasteiger charge is -2.29. The summed E-state index contributed by atoms with van der Waals surface area (Å²) < 4.78 is 2.01. The molecule has 30 heavy (non-hydrogen) atoms. The molecule has 1 amide bonds. The zero-order valence-electron chi connectivity index (χ0n) is 17.2. The summed E-state index contributed by atoms with van der Waals surface area (Å²) >= 11 is 6.30. The molecule has 1 saturated heterocycles. The monoisotopic (exact) mass is 422 g/mol. The molecule has 2 aromatic heterocycles. The van der Waals surface area contributed by atoms with E-state index in [1.165, 1.54) is 36.8 Å². The standard InChI is InChI=1S/C24H27ClN4O/c25-20-9-10-22-26-23(21(29(22)16-20)17-27-12-5-1-2-6-13-27)24(30)28-14-11-18-7-3-4-8-19(18)15-28/h3-4,7-10,16H,1-2,5-6,11-15,17H2. The van der Waals surface area contributed by atoms with Gasteiger partial charge in [-0.15, -0.1) is 0 Å². The van der Waals surface area contributed by atoms with Gasteiger partial charge in [-0.1, -0.05) is 48.7 Å². The van der Waals surface area contributed by atoms with Crippen molar-refractivity contribution in [2.75, 3.05) is 19.6 Å². The average Bonchev–Trinajstić information content (AvgIpc) is 2.93. The second kappa shape index (κ2) is 8.40. The zero-order chi connectivity index (χ0) is 20.5. The van der Waals surface area contributed by atoms with E-state index >= 15 is 0 Å². The highest BCUT2D eigenvalue weighted by molar-refractivity contribution is 6.30. The molecule has 0 N–H and O–H groups in total. The third-order valence-corrected chi connectivity index (χ3v) is 6.60. The van der Waals surface area contributed by atoms with Crippen LogP contribution in [-0.2, 0) is 19.5 Å². The van der Waals surface area contributed by atoms with E-state index in [2.05, 4.69) is 23.1 Å². The Morgan fingerprint density at radius 1 is 0.967 bits per heavy atom. The van der Waals surface area contributed by atoms with Gasteiger partial charge >= 0.3 is 0 Å². The van der Waals surface area contributed by atoms with Crippen LogP contribution in [0.15, 0.2) is 42.6 Å². The number of benzene rings is 1. The van der Waals surface area contributed by atoms with Gasteiger partial charge in [0.15, 0.2) is 5.69 Å². The molecule has 3 aromatic rings. The van der Waals surface area contributed by atoms with E-state index < -0.39 is 0 Å². The fraction of sp³-hybridized carbons (Fsp3) is 0.417. The van der Waals surface area contributed by atoms with Crippen LogP contribution in [-0.4, -0.2) is 44.7 Å². The lowest BCUT2D eigenvalue weighted by atomic mass is 9.99. The van der Waals surface area contributed by atoms with E-state index in [-0.39, 0.29) is 5.91 Å². The molecule has 4 heterocycles. The summed E-state index contributed by atoms with van der Waals surface area (Å²) in [4.78, 5) is 22.8. The number of fused-ring (bicyclic) bond motifs is 2. The van der Waals surface area contributed by atoms with Crippen molar-refractivity contribution in [3.8, 4) is 0 Å². The average molecular weight is 423 g/mol. The molecule has 156 valence electrons. The minimum Gasteiger partial charge on any atom is -0.333 e. The number of pyridine rings is 1. The van der Waals surface area contributed by atoms with Crippen molar-refractivity contribution in [1.82, 2.24) is 19.2 Å². The number of likely N-dealkylation sites (tertiary alicyclic amines) is 1. The van der Waals surface area contributed by atoms with Gasteiger partial charge in [0, 0.05) is 25.8 Å². The number of hydrogen-bond donors (Lipinski definition) is 0. The largest absolute Gasteiger partial charge is 0.333 e. The van der Waals surface area contributed by atoms with Crippen molar-refractivity contribution < 1.29 is 4.79 Å². The number of imidazole rings is 1. The van der Waals surface area contributed by atoms with E-state index in [0.717, 1.165) is 43.9 Å². The number of amides is 1. The van der Waals surface area contributed by atoms with Crippen LogP contribution in [0, 0.1) is 0 Å². The minimum atomic E-state index is 0.0224. The van der Waals surface area contributed by atoms with E-state index in [0.29, 0.717) is 17.3 Å². The summed E-state index contributed by atoms with van der Waals surface area (Å²) in [7, 11) is 0. The Morgan fingerprint density at radius 3 is 2.53 bits per heavy atom. The number of halogens is 1. The number of aromatic nitrogens is 2. The topological polar surface area (TPSA) is 40.9 Å². The fourth-order valence-corrected chi connectivity index (χ4v) is 4.88. The van der Waals surface area contributed by atoms with Crippen LogP contribution in [0.2, 0.25) is 5.02 Å². The highest BCUT2D eigenvalue weighted by Crippen LogP contribution is 2.24. The predicted octanol–water partition coefficient (Wildman–Crippen LogP) is 4.56. The van der Waals surface area contributed by atoms with Crippen molar-refractivity contribution in [3.05, 3.63) is 70.1 Å². The second-order valence-corrected chi connectivity index (χ2v) is 8.85. The zero-order valence-corrected chi connectivity index (χ0v) is 17.9. The normalized spacial score (nSPS) is 17.7. The van der Waals surface area contributed by atoms with Gasteiger partial charge in [-0.05, 0) is 55.6 Å². The van der Waals surface area contributed by atoms with Crippen LogP contribution in [0.5, 0.6) is 0 Å². The maximum Gasteiger partial charge on any atom is 0.274 e. The lowest BCUT2D eigenvalue weighted by Crippen LogP contribution is -2.37. The molecule has 0 saturated carbocycles. The van der Waals surface area contributed by atoms with Gasteiger partial charge in [-0.25, -0.2) is 4.98 Å². The van der Waals surface area contributed by atoms with Gasteiger partial charge in [-0.3, -0.25) is 9.69 Å². The molecule has 1 fully saturated rings. The van der Waals surface area contributed by atoms with E-state index in [1.807, 2.05) is 33.7 Å². The van der Waals surface area contributed by atoms with Crippen LogP contribution >= 0.6 is 11.6 Å². The molecule has 5 nitrogen and oxygen atoms in total. The highest BCUT2D eigenvalue weighted by Gasteiger charge is 2.28. The van der Waals surface area contributed by atoms with Gasteiger partial charge in [0.1, 0.15) is 5.65 Å². The summed E-state index contributed by atoms with van der Waals surface area (Å²) in [6.07, 6.45) is 7.78. The molecule has 6 heteroatoms. The van der Waals surface area contributed by atoms with Crippen molar-refractivity contribution in [3.63, 3.8) is 0 Å². The molecule has 2 aliphatic heterocycles. The van der Waals surface area contributed by atoms with Crippen molar-refractivity contribution >= 4 is 23.2 Å². The van der Waals surface area contributed by atoms with Gasteiger partial charge in [-0.2, -0.15) is 0 Å². The molecule has 0 unspecified atom stereocenters. The quantitative estimate of drug-likeness (QED) is 0.621.